The molecule has 0 aromatic rings. The normalized spacial score (nSPS) is 27.0. The van der Waals surface area contributed by atoms with Crippen molar-refractivity contribution in [2.75, 3.05) is 13.1 Å². The molecule has 1 spiro atoms. The smallest absolute Gasteiger partial charge is 0.410 e. The predicted molar refractivity (Wildman–Crippen MR) is 100 cm³/mol. The monoisotopic (exact) mass is 390 g/mol. The van der Waals surface area contributed by atoms with Gasteiger partial charge in [-0.1, -0.05) is 0 Å². The minimum absolute atomic E-state index is 0.303. The molecule has 7 nitrogen and oxygen atoms in total. The van der Waals surface area contributed by atoms with E-state index >= 15 is 0 Å². The number of aliphatic hydroxyl groups excluding tert-OH is 1. The van der Waals surface area contributed by atoms with Crippen molar-refractivity contribution in [2.45, 2.75) is 89.7 Å². The van der Waals surface area contributed by atoms with Crippen molar-refractivity contribution in [3.8, 4) is 0 Å². The van der Waals surface area contributed by atoms with Crippen LogP contribution in [0.15, 0.2) is 0 Å². The summed E-state index contributed by atoms with van der Waals surface area (Å²) >= 11 is 0. The van der Waals surface area contributed by atoms with Gasteiger partial charge in [-0.2, -0.15) is 0 Å². The summed E-state index contributed by atoms with van der Waals surface area (Å²) in [4.78, 5) is 13.9. The molecule has 2 fully saturated rings. The van der Waals surface area contributed by atoms with Gasteiger partial charge in [0, 0.05) is 19.1 Å². The Labute approximate surface area is 157 Å². The lowest BCUT2D eigenvalue weighted by Crippen LogP contribution is -2.54. The molecule has 1 saturated heterocycles. The van der Waals surface area contributed by atoms with E-state index in [1.807, 2.05) is 20.8 Å². The summed E-state index contributed by atoms with van der Waals surface area (Å²) < 4.78 is 32.6. The molecule has 2 rings (SSSR count). The Morgan fingerprint density at radius 1 is 1.15 bits per heavy atom. The molecule has 1 saturated carbocycles. The lowest BCUT2D eigenvalue weighted by atomic mass is 9.74. The van der Waals surface area contributed by atoms with Crippen molar-refractivity contribution in [2.24, 2.45) is 5.41 Å². The zero-order chi connectivity index (χ0) is 20.0. The zero-order valence-corrected chi connectivity index (χ0v) is 17.6. The van der Waals surface area contributed by atoms with Crippen LogP contribution in [0.4, 0.5) is 4.79 Å². The highest BCUT2D eigenvalue weighted by Crippen LogP contribution is 2.47. The number of hydrogen-bond donors (Lipinski definition) is 2. The van der Waals surface area contributed by atoms with Crippen LogP contribution in [0.1, 0.15) is 67.2 Å². The summed E-state index contributed by atoms with van der Waals surface area (Å²) in [5, 5.41) is 10.2. The number of ether oxygens (including phenoxy) is 1. The van der Waals surface area contributed by atoms with Crippen molar-refractivity contribution in [3.63, 3.8) is 0 Å². The maximum Gasteiger partial charge on any atom is 0.410 e. The summed E-state index contributed by atoms with van der Waals surface area (Å²) in [6, 6.07) is -0.303. The van der Waals surface area contributed by atoms with Gasteiger partial charge >= 0.3 is 6.09 Å². The first-order valence-corrected chi connectivity index (χ1v) is 10.8. The fraction of sp³-hybridized carbons (Fsp3) is 0.944. The van der Waals surface area contributed by atoms with Crippen LogP contribution >= 0.6 is 0 Å². The van der Waals surface area contributed by atoms with Crippen LogP contribution in [0.25, 0.3) is 0 Å². The quantitative estimate of drug-likeness (QED) is 0.754. The van der Waals surface area contributed by atoms with Gasteiger partial charge in [0.15, 0.2) is 0 Å². The third-order valence-electron chi connectivity index (χ3n) is 5.40. The number of carbonyl (C=O) groups excluding carboxylic acids is 1. The molecule has 2 N–H and O–H groups in total. The van der Waals surface area contributed by atoms with E-state index in [4.69, 9.17) is 4.74 Å². The Bertz CT molecular complexity index is 625. The second-order valence-corrected chi connectivity index (χ2v) is 12.2. The van der Waals surface area contributed by atoms with Crippen LogP contribution < -0.4 is 4.72 Å². The number of hydrogen-bond acceptors (Lipinski definition) is 5. The number of rotatable bonds is 2. The molecule has 2 aliphatic rings. The molecule has 1 aliphatic carbocycles. The summed E-state index contributed by atoms with van der Waals surface area (Å²) in [7, 11) is -3.50. The van der Waals surface area contributed by atoms with Gasteiger partial charge in [-0.05, 0) is 72.6 Å². The van der Waals surface area contributed by atoms with Crippen molar-refractivity contribution >= 4 is 16.1 Å². The maximum atomic E-state index is 12.6. The van der Waals surface area contributed by atoms with E-state index < -0.39 is 26.5 Å². The van der Waals surface area contributed by atoms with Gasteiger partial charge < -0.3 is 14.7 Å². The number of nitrogens with zero attached hydrogens (tertiary/aromatic N) is 1. The van der Waals surface area contributed by atoms with Crippen molar-refractivity contribution in [1.82, 2.24) is 9.62 Å². The fourth-order valence-corrected chi connectivity index (χ4v) is 4.84. The van der Waals surface area contributed by atoms with Gasteiger partial charge in [0.2, 0.25) is 10.0 Å². The number of amides is 1. The molecule has 0 bridgehead atoms. The van der Waals surface area contributed by atoms with Crippen molar-refractivity contribution in [1.29, 1.82) is 0 Å². The van der Waals surface area contributed by atoms with Crippen LogP contribution in [0.2, 0.25) is 0 Å². The average Bonchev–Trinajstić information content (AvgIpc) is 2.71. The summed E-state index contributed by atoms with van der Waals surface area (Å²) in [5.41, 5.74) is -0.850. The summed E-state index contributed by atoms with van der Waals surface area (Å²) in [6.45, 7) is 11.5. The maximum absolute atomic E-state index is 12.6. The van der Waals surface area contributed by atoms with E-state index in [0.29, 0.717) is 38.8 Å². The molecule has 0 radical (unpaired) electrons. The number of carbonyl (C=O) groups is 1. The van der Waals surface area contributed by atoms with E-state index in [0.717, 1.165) is 0 Å². The highest BCUT2D eigenvalue weighted by atomic mass is 32.2. The van der Waals surface area contributed by atoms with Crippen molar-refractivity contribution < 1.29 is 23.1 Å². The van der Waals surface area contributed by atoms with E-state index in [9.17, 15) is 18.3 Å². The molecule has 152 valence electrons. The van der Waals surface area contributed by atoms with Crippen LogP contribution in [0.5, 0.6) is 0 Å². The first kappa shape index (κ1) is 21.4. The molecule has 8 heteroatoms. The third-order valence-corrected chi connectivity index (χ3v) is 7.61. The number of nitrogens with one attached hydrogen (secondary N) is 1. The average molecular weight is 391 g/mol. The molecule has 0 aromatic heterocycles. The Balaban J connectivity index is 2.08. The Hall–Kier alpha value is -0.860. The second-order valence-electron chi connectivity index (χ2n) is 9.71. The minimum atomic E-state index is -3.50. The zero-order valence-electron chi connectivity index (χ0n) is 16.8. The fourth-order valence-electron chi connectivity index (χ4n) is 3.77. The lowest BCUT2D eigenvalue weighted by molar-refractivity contribution is 0.00685. The molecular formula is C18H34N2O5S. The van der Waals surface area contributed by atoms with Gasteiger partial charge in [0.05, 0.1) is 10.9 Å². The number of piperidine rings is 1. The highest BCUT2D eigenvalue weighted by Gasteiger charge is 2.51. The largest absolute Gasteiger partial charge is 0.444 e. The third kappa shape index (κ3) is 4.70. The topological polar surface area (TPSA) is 95.9 Å². The standard InChI is InChI=1S/C18H34N2O5S/c1-16(2,3)25-15(22)20-9-7-18(8-10-20)12-13(21)11-14(18)19-26(23,24)17(4,5)6/h13-14,19,21H,7-12H2,1-6H3/t13-,14+/m0/s1. The van der Waals surface area contributed by atoms with E-state index in [1.54, 1.807) is 25.7 Å². The van der Waals surface area contributed by atoms with Gasteiger partial charge in [-0.15, -0.1) is 0 Å². The summed E-state index contributed by atoms with van der Waals surface area (Å²) in [5.74, 6) is 0. The van der Waals surface area contributed by atoms with Gasteiger partial charge in [0.25, 0.3) is 0 Å². The number of likely N-dealkylation sites (tertiary alicyclic amines) is 1. The molecule has 1 amide bonds. The molecule has 1 heterocycles. The minimum Gasteiger partial charge on any atom is -0.444 e. The van der Waals surface area contributed by atoms with Crippen LogP contribution in [0, 0.1) is 5.41 Å². The SMILES string of the molecule is CC(C)(C)OC(=O)N1CCC2(CC1)C[C@@H](O)C[C@H]2NS(=O)(=O)C(C)(C)C. The summed E-state index contributed by atoms with van der Waals surface area (Å²) in [6.07, 6.45) is 1.43. The van der Waals surface area contributed by atoms with E-state index in [1.165, 1.54) is 0 Å². The Kier molecular flexibility index (Phi) is 5.73. The number of sulfonamides is 1. The van der Waals surface area contributed by atoms with E-state index in [-0.39, 0.29) is 17.6 Å². The molecule has 26 heavy (non-hydrogen) atoms. The highest BCUT2D eigenvalue weighted by molar-refractivity contribution is 7.90. The first-order chi connectivity index (χ1) is 11.7. The lowest BCUT2D eigenvalue weighted by Gasteiger charge is -2.43. The molecular weight excluding hydrogens is 356 g/mol. The first-order valence-electron chi connectivity index (χ1n) is 9.33. The second kappa shape index (κ2) is 6.95. The van der Waals surface area contributed by atoms with E-state index in [2.05, 4.69) is 4.72 Å². The Morgan fingerprint density at radius 2 is 1.69 bits per heavy atom. The van der Waals surface area contributed by atoms with Crippen LogP contribution in [0.3, 0.4) is 0 Å². The van der Waals surface area contributed by atoms with Gasteiger partial charge in [-0.25, -0.2) is 17.9 Å². The molecule has 1 aliphatic heterocycles. The molecule has 0 unspecified atom stereocenters. The number of aliphatic hydroxyl groups is 1. The van der Waals surface area contributed by atoms with Crippen LogP contribution in [-0.4, -0.2) is 60.1 Å². The predicted octanol–water partition coefficient (Wildman–Crippen LogP) is 2.24. The Morgan fingerprint density at radius 3 is 2.15 bits per heavy atom. The van der Waals surface area contributed by atoms with Gasteiger partial charge in [0.1, 0.15) is 5.60 Å². The molecule has 0 aromatic carbocycles. The van der Waals surface area contributed by atoms with Crippen molar-refractivity contribution in [3.05, 3.63) is 0 Å². The van der Waals surface area contributed by atoms with Gasteiger partial charge in [-0.3, -0.25) is 0 Å². The van der Waals surface area contributed by atoms with Crippen LogP contribution in [-0.2, 0) is 14.8 Å². The molecule has 2 atom stereocenters.